The van der Waals surface area contributed by atoms with Gasteiger partial charge in [0.2, 0.25) is 0 Å². The van der Waals surface area contributed by atoms with Crippen LogP contribution >= 0.6 is 11.6 Å². The largest absolute Gasteiger partial charge is 0.497 e. The minimum Gasteiger partial charge on any atom is -0.497 e. The molecule has 4 rings (SSSR count). The Kier molecular flexibility index (Phi) is 12.3. The number of esters is 1. The lowest BCUT2D eigenvalue weighted by Gasteiger charge is -2.27. The van der Waals surface area contributed by atoms with E-state index in [4.69, 9.17) is 46.0 Å². The number of hydrogen-bond donors (Lipinski definition) is 1. The molecule has 254 valence electrons. The first-order valence-electron chi connectivity index (χ1n) is 15.4. The van der Waals surface area contributed by atoms with E-state index in [0.717, 1.165) is 16.8 Å². The molecular formula is C33H43ClN6O7. The molecule has 3 aromatic rings. The highest BCUT2D eigenvalue weighted by atomic mass is 35.5. The summed E-state index contributed by atoms with van der Waals surface area (Å²) < 4.78 is 29.6. The molecule has 0 spiro atoms. The van der Waals surface area contributed by atoms with E-state index in [0.29, 0.717) is 54.5 Å². The number of amides is 1. The number of nitrogens with zero attached hydrogens (tertiary/aromatic N) is 5. The Labute approximate surface area is 279 Å². The molecular weight excluding hydrogens is 628 g/mol. The topological polar surface area (TPSA) is 153 Å². The highest BCUT2D eigenvalue weighted by Gasteiger charge is 2.36. The molecule has 0 saturated carbocycles. The zero-order valence-corrected chi connectivity index (χ0v) is 28.5. The fourth-order valence-corrected chi connectivity index (χ4v) is 4.98. The van der Waals surface area contributed by atoms with E-state index in [1.165, 1.54) is 4.90 Å². The Hall–Kier alpha value is -4.04. The van der Waals surface area contributed by atoms with Gasteiger partial charge in [0, 0.05) is 22.7 Å². The number of halogens is 1. The summed E-state index contributed by atoms with van der Waals surface area (Å²) in [5.41, 5.74) is 7.63. The van der Waals surface area contributed by atoms with Crippen molar-refractivity contribution in [1.82, 2.24) is 19.7 Å². The van der Waals surface area contributed by atoms with E-state index in [2.05, 4.69) is 10.2 Å². The summed E-state index contributed by atoms with van der Waals surface area (Å²) in [6.45, 7) is 10.3. The summed E-state index contributed by atoms with van der Waals surface area (Å²) in [7, 11) is 1.60. The number of aliphatic imine (C=N–C) groups is 1. The van der Waals surface area contributed by atoms with Crippen molar-refractivity contribution in [3.8, 4) is 11.4 Å². The Morgan fingerprint density at radius 1 is 1.04 bits per heavy atom. The van der Waals surface area contributed by atoms with Gasteiger partial charge in [0.25, 0.3) is 0 Å². The highest BCUT2D eigenvalue weighted by Crippen LogP contribution is 2.36. The van der Waals surface area contributed by atoms with Gasteiger partial charge in [-0.25, -0.2) is 4.79 Å². The smallest absolute Gasteiger partial charge is 0.413 e. The molecule has 2 N–H and O–H groups in total. The first-order chi connectivity index (χ1) is 22.4. The molecule has 2 aromatic carbocycles. The van der Waals surface area contributed by atoms with Crippen molar-refractivity contribution in [3.63, 3.8) is 0 Å². The maximum Gasteiger partial charge on any atom is 0.413 e. The normalized spacial score (nSPS) is 14.7. The zero-order valence-electron chi connectivity index (χ0n) is 27.7. The van der Waals surface area contributed by atoms with Crippen molar-refractivity contribution in [2.45, 2.75) is 46.3 Å². The number of carbonyl (C=O) groups is 2. The molecule has 0 unspecified atom stereocenters. The molecule has 2 atom stereocenters. The van der Waals surface area contributed by atoms with E-state index in [1.807, 2.05) is 41.8 Å². The minimum absolute atomic E-state index is 0.125. The molecule has 0 bridgehead atoms. The predicted octanol–water partition coefficient (Wildman–Crippen LogP) is 4.50. The molecule has 0 fully saturated rings. The Morgan fingerprint density at radius 3 is 2.40 bits per heavy atom. The molecule has 2 heterocycles. The third kappa shape index (κ3) is 9.28. The van der Waals surface area contributed by atoms with Crippen molar-refractivity contribution in [2.24, 2.45) is 16.6 Å². The van der Waals surface area contributed by atoms with Gasteiger partial charge in [0.05, 0.1) is 57.4 Å². The van der Waals surface area contributed by atoms with Crippen LogP contribution in [0.2, 0.25) is 5.02 Å². The van der Waals surface area contributed by atoms with Gasteiger partial charge in [-0.15, -0.1) is 10.2 Å². The molecule has 0 radical (unpaired) electrons. The van der Waals surface area contributed by atoms with Crippen LogP contribution in [0.1, 0.15) is 56.5 Å². The van der Waals surface area contributed by atoms with Gasteiger partial charge in [-0.05, 0) is 65.0 Å². The van der Waals surface area contributed by atoms with Gasteiger partial charge >= 0.3 is 12.1 Å². The lowest BCUT2D eigenvalue weighted by atomic mass is 9.99. The third-order valence-corrected chi connectivity index (χ3v) is 7.45. The number of fused-ring (bicyclic) bond motifs is 3. The fourth-order valence-electron chi connectivity index (χ4n) is 4.85. The fraction of sp³-hybridized carbons (Fsp3) is 0.485. The summed E-state index contributed by atoms with van der Waals surface area (Å²) in [5.74, 6) is 0.311. The molecule has 13 nitrogen and oxygen atoms in total. The van der Waals surface area contributed by atoms with Crippen LogP contribution in [0.15, 0.2) is 47.5 Å². The number of benzene rings is 2. The number of methoxy groups -OCH3 is 1. The van der Waals surface area contributed by atoms with Gasteiger partial charge in [-0.1, -0.05) is 23.7 Å². The van der Waals surface area contributed by atoms with Crippen molar-refractivity contribution < 1.29 is 33.3 Å². The maximum absolute atomic E-state index is 13.7. The molecule has 1 aromatic heterocycles. The zero-order chi connectivity index (χ0) is 34.1. The first kappa shape index (κ1) is 35.8. The summed E-state index contributed by atoms with van der Waals surface area (Å²) in [5, 5.41) is 9.36. The number of aryl methyl sites for hydroxylation is 1. The summed E-state index contributed by atoms with van der Waals surface area (Å²) >= 11 is 6.21. The molecule has 1 aliphatic rings. The van der Waals surface area contributed by atoms with E-state index >= 15 is 0 Å². The monoisotopic (exact) mass is 670 g/mol. The van der Waals surface area contributed by atoms with Crippen LogP contribution in [0.5, 0.6) is 5.75 Å². The molecule has 14 heteroatoms. The highest BCUT2D eigenvalue weighted by molar-refractivity contribution is 6.30. The van der Waals surface area contributed by atoms with Gasteiger partial charge in [0.1, 0.15) is 23.2 Å². The van der Waals surface area contributed by atoms with Crippen LogP contribution in [0.3, 0.4) is 0 Å². The van der Waals surface area contributed by atoms with Crippen LogP contribution in [0.25, 0.3) is 5.69 Å². The van der Waals surface area contributed by atoms with Crippen LogP contribution in [0.4, 0.5) is 4.79 Å². The third-order valence-electron chi connectivity index (χ3n) is 7.20. The second-order valence-corrected chi connectivity index (χ2v) is 12.3. The summed E-state index contributed by atoms with van der Waals surface area (Å²) in [4.78, 5) is 33.1. The van der Waals surface area contributed by atoms with E-state index in [9.17, 15) is 9.59 Å². The molecule has 47 heavy (non-hydrogen) atoms. The predicted molar refractivity (Wildman–Crippen MR) is 176 cm³/mol. The Morgan fingerprint density at radius 2 is 1.74 bits per heavy atom. The van der Waals surface area contributed by atoms with Gasteiger partial charge in [-0.3, -0.25) is 19.3 Å². The van der Waals surface area contributed by atoms with Crippen molar-refractivity contribution in [3.05, 3.63) is 70.3 Å². The molecule has 1 aliphatic heterocycles. The van der Waals surface area contributed by atoms with E-state index < -0.39 is 29.6 Å². The van der Waals surface area contributed by atoms with Gasteiger partial charge in [0.15, 0.2) is 12.6 Å². The standard InChI is InChI=1S/C33H43ClN6O7/c1-21(31(41)46-20-39(32(42)47-33(3,4)5)14-16-45-18-17-44-15-13-35)28-30-38-37-22(2)40(30)27-12-11-25(43-6)19-26(27)29(36-28)23-7-9-24(34)10-8-23/h7-12,19,21,28H,13-18,20,35H2,1-6H3/t21-,28+/m1/s1. The van der Waals surface area contributed by atoms with Crippen molar-refractivity contribution in [1.29, 1.82) is 0 Å². The average molecular weight is 671 g/mol. The average Bonchev–Trinajstić information content (AvgIpc) is 3.34. The molecule has 1 amide bonds. The Balaban J connectivity index is 1.60. The number of rotatable bonds is 14. The lowest BCUT2D eigenvalue weighted by molar-refractivity contribution is -0.153. The van der Waals surface area contributed by atoms with Crippen molar-refractivity contribution in [2.75, 3.05) is 53.4 Å². The minimum atomic E-state index is -0.827. The second-order valence-electron chi connectivity index (χ2n) is 11.9. The van der Waals surface area contributed by atoms with Crippen LogP contribution in [0, 0.1) is 12.8 Å². The first-order valence-corrected chi connectivity index (χ1v) is 15.8. The summed E-state index contributed by atoms with van der Waals surface area (Å²) in [6, 6.07) is 12.2. The van der Waals surface area contributed by atoms with Crippen molar-refractivity contribution >= 4 is 29.4 Å². The van der Waals surface area contributed by atoms with Crippen LogP contribution < -0.4 is 10.5 Å². The number of carbonyl (C=O) groups excluding carboxylic acids is 2. The Bertz CT molecular complexity index is 1550. The number of ether oxygens (including phenoxy) is 5. The van der Waals surface area contributed by atoms with Gasteiger partial charge < -0.3 is 29.4 Å². The van der Waals surface area contributed by atoms with E-state index in [1.54, 1.807) is 46.9 Å². The maximum atomic E-state index is 13.7. The quantitative estimate of drug-likeness (QED) is 0.147. The molecule has 0 aliphatic carbocycles. The molecule has 0 saturated heterocycles. The number of aromatic nitrogens is 3. The van der Waals surface area contributed by atoms with Crippen LogP contribution in [-0.2, 0) is 23.7 Å². The van der Waals surface area contributed by atoms with E-state index in [-0.39, 0.29) is 19.9 Å². The lowest BCUT2D eigenvalue weighted by Crippen LogP contribution is -2.41. The second kappa shape index (κ2) is 16.2. The summed E-state index contributed by atoms with van der Waals surface area (Å²) in [6.07, 6.45) is -0.641. The number of nitrogens with two attached hydrogens (primary N) is 1. The van der Waals surface area contributed by atoms with Crippen LogP contribution in [-0.4, -0.2) is 96.4 Å². The number of hydrogen-bond acceptors (Lipinski definition) is 11. The SMILES string of the molecule is COc1ccc2c(c1)C(c1ccc(Cl)cc1)=N[C@@H]([C@@H](C)C(=O)OCN(CCOCCOCCN)C(=O)OC(C)(C)C)c1nnc(C)n1-2. The van der Waals surface area contributed by atoms with Gasteiger partial charge in [-0.2, -0.15) is 0 Å².